The molecule has 1 saturated carbocycles. The van der Waals surface area contributed by atoms with Crippen molar-refractivity contribution in [1.82, 2.24) is 10.6 Å². The lowest BCUT2D eigenvalue weighted by Crippen LogP contribution is -2.37. The normalized spacial score (nSPS) is 15.2. The molecule has 0 heterocycles. The van der Waals surface area contributed by atoms with Crippen LogP contribution in [0.3, 0.4) is 0 Å². The van der Waals surface area contributed by atoms with Crippen LogP contribution in [0.25, 0.3) is 0 Å². The van der Waals surface area contributed by atoms with Gasteiger partial charge in [0.25, 0.3) is 0 Å². The third-order valence-corrected chi connectivity index (χ3v) is 3.73. The van der Waals surface area contributed by atoms with Gasteiger partial charge in [-0.3, -0.25) is 4.79 Å². The van der Waals surface area contributed by atoms with Gasteiger partial charge in [0.2, 0.25) is 5.91 Å². The first kappa shape index (κ1) is 17.0. The van der Waals surface area contributed by atoms with E-state index in [1.165, 1.54) is 5.56 Å². The van der Waals surface area contributed by atoms with Crippen molar-refractivity contribution < 1.29 is 4.79 Å². The number of nitrogens with one attached hydrogen (secondary N) is 2. The summed E-state index contributed by atoms with van der Waals surface area (Å²) in [6.45, 7) is 4.76. The zero-order valence-corrected chi connectivity index (χ0v) is 13.0. The third-order valence-electron chi connectivity index (χ3n) is 3.73. The Morgan fingerprint density at radius 2 is 1.85 bits per heavy atom. The van der Waals surface area contributed by atoms with Crippen molar-refractivity contribution in [1.29, 1.82) is 0 Å². The van der Waals surface area contributed by atoms with Crippen molar-refractivity contribution in [2.24, 2.45) is 5.41 Å². The molecule has 20 heavy (non-hydrogen) atoms. The fraction of sp³-hybridized carbons (Fsp3) is 0.562. The molecule has 0 unspecified atom stereocenters. The molecule has 1 aromatic carbocycles. The molecule has 0 spiro atoms. The predicted octanol–water partition coefficient (Wildman–Crippen LogP) is 2.55. The molecule has 1 aliphatic carbocycles. The number of rotatable bonds is 8. The van der Waals surface area contributed by atoms with Crippen LogP contribution in [0.4, 0.5) is 0 Å². The van der Waals surface area contributed by atoms with Crippen LogP contribution in [0.15, 0.2) is 30.3 Å². The topological polar surface area (TPSA) is 41.1 Å². The molecule has 0 bridgehead atoms. The number of carbonyl (C=O) groups excluding carboxylic acids is 1. The highest BCUT2D eigenvalue weighted by atomic mass is 35.5. The van der Waals surface area contributed by atoms with Crippen LogP contribution >= 0.6 is 12.4 Å². The molecule has 2 rings (SSSR count). The molecule has 1 aliphatic rings. The van der Waals surface area contributed by atoms with Gasteiger partial charge in [0.05, 0.1) is 5.41 Å². The number of amides is 1. The van der Waals surface area contributed by atoms with Crippen molar-refractivity contribution in [2.45, 2.75) is 32.6 Å². The minimum absolute atomic E-state index is 0. The van der Waals surface area contributed by atoms with Gasteiger partial charge in [0.15, 0.2) is 0 Å². The van der Waals surface area contributed by atoms with Crippen LogP contribution in [-0.2, 0) is 11.2 Å². The second-order valence-electron chi connectivity index (χ2n) is 5.45. The number of benzene rings is 1. The molecule has 0 aliphatic heterocycles. The van der Waals surface area contributed by atoms with Crippen LogP contribution in [0.2, 0.25) is 0 Å². The van der Waals surface area contributed by atoms with Crippen LogP contribution < -0.4 is 10.6 Å². The Morgan fingerprint density at radius 1 is 1.15 bits per heavy atom. The van der Waals surface area contributed by atoms with Crippen molar-refractivity contribution in [3.8, 4) is 0 Å². The summed E-state index contributed by atoms with van der Waals surface area (Å²) in [6, 6.07) is 10.3. The third kappa shape index (κ3) is 4.80. The molecule has 0 radical (unpaired) electrons. The largest absolute Gasteiger partial charge is 0.354 e. The zero-order valence-electron chi connectivity index (χ0n) is 12.2. The molecule has 0 aromatic heterocycles. The second kappa shape index (κ2) is 8.28. The average Bonchev–Trinajstić information content (AvgIpc) is 3.20. The summed E-state index contributed by atoms with van der Waals surface area (Å²) in [6.07, 6.45) is 4.06. The van der Waals surface area contributed by atoms with E-state index in [2.05, 4.69) is 29.7 Å². The van der Waals surface area contributed by atoms with Gasteiger partial charge in [-0.1, -0.05) is 37.3 Å². The van der Waals surface area contributed by atoms with E-state index in [1.54, 1.807) is 0 Å². The van der Waals surface area contributed by atoms with Gasteiger partial charge < -0.3 is 10.6 Å². The standard InChI is InChI=1S/C16H24N2O.ClH/c1-2-10-17-11-12-18-15(19)16(8-9-16)13-14-6-4-3-5-7-14;/h3-7,17H,2,8-13H2,1H3,(H,18,19);1H. The van der Waals surface area contributed by atoms with E-state index in [-0.39, 0.29) is 23.7 Å². The van der Waals surface area contributed by atoms with Crippen LogP contribution in [0.1, 0.15) is 31.7 Å². The van der Waals surface area contributed by atoms with Crippen LogP contribution in [0.5, 0.6) is 0 Å². The summed E-state index contributed by atoms with van der Waals surface area (Å²) >= 11 is 0. The summed E-state index contributed by atoms with van der Waals surface area (Å²) in [4.78, 5) is 12.2. The van der Waals surface area contributed by atoms with Gasteiger partial charge in [0, 0.05) is 13.1 Å². The molecule has 0 atom stereocenters. The average molecular weight is 297 g/mol. The lowest BCUT2D eigenvalue weighted by Gasteiger charge is -2.15. The first-order chi connectivity index (χ1) is 9.27. The summed E-state index contributed by atoms with van der Waals surface area (Å²) < 4.78 is 0. The minimum atomic E-state index is -0.119. The fourth-order valence-corrected chi connectivity index (χ4v) is 2.38. The van der Waals surface area contributed by atoms with E-state index < -0.39 is 0 Å². The molecular formula is C16H25ClN2O. The highest BCUT2D eigenvalue weighted by molar-refractivity contribution is 5.85. The predicted molar refractivity (Wildman–Crippen MR) is 85.2 cm³/mol. The van der Waals surface area contributed by atoms with E-state index in [0.29, 0.717) is 0 Å². The molecule has 1 fully saturated rings. The van der Waals surface area contributed by atoms with Gasteiger partial charge in [-0.15, -0.1) is 12.4 Å². The van der Waals surface area contributed by atoms with Crippen LogP contribution in [-0.4, -0.2) is 25.5 Å². The Balaban J connectivity index is 0.00000200. The maximum absolute atomic E-state index is 12.2. The molecule has 3 nitrogen and oxygen atoms in total. The van der Waals surface area contributed by atoms with Gasteiger partial charge in [-0.25, -0.2) is 0 Å². The first-order valence-corrected chi connectivity index (χ1v) is 7.30. The number of carbonyl (C=O) groups is 1. The molecular weight excluding hydrogens is 272 g/mol. The van der Waals surface area contributed by atoms with Gasteiger partial charge in [-0.05, 0) is 37.8 Å². The molecule has 112 valence electrons. The Morgan fingerprint density at radius 3 is 2.45 bits per heavy atom. The van der Waals surface area contributed by atoms with E-state index >= 15 is 0 Å². The molecule has 1 amide bonds. The second-order valence-corrected chi connectivity index (χ2v) is 5.45. The summed E-state index contributed by atoms with van der Waals surface area (Å²) in [5.41, 5.74) is 1.14. The highest BCUT2D eigenvalue weighted by Crippen LogP contribution is 2.48. The van der Waals surface area contributed by atoms with E-state index in [4.69, 9.17) is 0 Å². The monoisotopic (exact) mass is 296 g/mol. The minimum Gasteiger partial charge on any atom is -0.354 e. The molecule has 0 saturated heterocycles. The Labute approximate surface area is 127 Å². The molecule has 4 heteroatoms. The smallest absolute Gasteiger partial charge is 0.226 e. The van der Waals surface area contributed by atoms with Gasteiger partial charge in [0.1, 0.15) is 0 Å². The summed E-state index contributed by atoms with van der Waals surface area (Å²) in [5.74, 6) is 0.231. The number of halogens is 1. The maximum atomic E-state index is 12.2. The Kier molecular flexibility index (Phi) is 7.03. The Bertz CT molecular complexity index is 404. The number of hydrogen-bond acceptors (Lipinski definition) is 2. The molecule has 2 N–H and O–H groups in total. The fourth-order valence-electron chi connectivity index (χ4n) is 2.38. The van der Waals surface area contributed by atoms with Gasteiger partial charge in [-0.2, -0.15) is 0 Å². The van der Waals surface area contributed by atoms with E-state index in [9.17, 15) is 4.79 Å². The Hall–Kier alpha value is -1.06. The van der Waals surface area contributed by atoms with Crippen LogP contribution in [0, 0.1) is 5.41 Å². The summed E-state index contributed by atoms with van der Waals surface area (Å²) in [7, 11) is 0. The van der Waals surface area contributed by atoms with Crippen molar-refractivity contribution >= 4 is 18.3 Å². The lowest BCUT2D eigenvalue weighted by atomic mass is 9.95. The van der Waals surface area contributed by atoms with Gasteiger partial charge >= 0.3 is 0 Å². The quantitative estimate of drug-likeness (QED) is 0.724. The molecule has 1 aromatic rings. The number of hydrogen-bond donors (Lipinski definition) is 2. The zero-order chi connectivity index (χ0) is 13.6. The summed E-state index contributed by atoms with van der Waals surface area (Å²) in [5, 5.41) is 6.36. The van der Waals surface area contributed by atoms with E-state index in [0.717, 1.165) is 45.3 Å². The van der Waals surface area contributed by atoms with E-state index in [1.807, 2.05) is 18.2 Å². The first-order valence-electron chi connectivity index (χ1n) is 7.30. The highest BCUT2D eigenvalue weighted by Gasteiger charge is 2.49. The van der Waals surface area contributed by atoms with Crippen molar-refractivity contribution in [3.05, 3.63) is 35.9 Å². The maximum Gasteiger partial charge on any atom is 0.226 e. The van der Waals surface area contributed by atoms with Crippen molar-refractivity contribution in [3.63, 3.8) is 0 Å². The lowest BCUT2D eigenvalue weighted by molar-refractivity contribution is -0.126. The van der Waals surface area contributed by atoms with Crippen molar-refractivity contribution in [2.75, 3.05) is 19.6 Å². The SMILES string of the molecule is CCCNCCNC(=O)C1(Cc2ccccc2)CC1.Cl.